The summed E-state index contributed by atoms with van der Waals surface area (Å²) in [4.78, 5) is 11.2. The molecule has 0 aromatic carbocycles. The lowest BCUT2D eigenvalue weighted by molar-refractivity contribution is -0.116. The number of nitriles is 1. The van der Waals surface area contributed by atoms with Crippen molar-refractivity contribution in [2.75, 3.05) is 13.7 Å². The van der Waals surface area contributed by atoms with Gasteiger partial charge in [0, 0.05) is 13.7 Å². The highest BCUT2D eigenvalue weighted by atomic mass is 16.5. The Kier molecular flexibility index (Phi) is 4.89. The van der Waals surface area contributed by atoms with E-state index < -0.39 is 5.60 Å². The van der Waals surface area contributed by atoms with E-state index in [2.05, 4.69) is 5.32 Å². The van der Waals surface area contributed by atoms with Crippen LogP contribution in [0.25, 0.3) is 0 Å². The number of rotatable bonds is 4. The Morgan fingerprint density at radius 2 is 2.21 bits per heavy atom. The predicted molar refractivity (Wildman–Crippen MR) is 53.5 cm³/mol. The molecular formula is C10H16N2O2. The Balaban J connectivity index is 4.76. The van der Waals surface area contributed by atoms with E-state index in [4.69, 9.17) is 10.00 Å². The van der Waals surface area contributed by atoms with Gasteiger partial charge in [-0.25, -0.2) is 0 Å². The van der Waals surface area contributed by atoms with Gasteiger partial charge in [-0.05, 0) is 26.8 Å². The van der Waals surface area contributed by atoms with Crippen molar-refractivity contribution in [1.29, 1.82) is 5.26 Å². The molecule has 0 heterocycles. The minimum Gasteiger partial charge on any atom is -0.372 e. The summed E-state index contributed by atoms with van der Waals surface area (Å²) in [5.41, 5.74) is -0.516. The topological polar surface area (TPSA) is 62.1 Å². The number of amides is 1. The van der Waals surface area contributed by atoms with Crippen LogP contribution in [0, 0.1) is 11.3 Å². The SMILES string of the molecule is CCOC(C)(C)/C=C(\C#N)C(=O)NC. The van der Waals surface area contributed by atoms with Crippen LogP contribution >= 0.6 is 0 Å². The molecule has 1 N–H and O–H groups in total. The number of nitrogens with zero attached hydrogens (tertiary/aromatic N) is 1. The van der Waals surface area contributed by atoms with Crippen LogP contribution in [-0.4, -0.2) is 25.2 Å². The average Bonchev–Trinajstić information content (AvgIpc) is 2.13. The van der Waals surface area contributed by atoms with E-state index in [1.807, 2.05) is 13.0 Å². The lowest BCUT2D eigenvalue weighted by Crippen LogP contribution is -2.26. The molecular weight excluding hydrogens is 180 g/mol. The fraction of sp³-hybridized carbons (Fsp3) is 0.600. The second-order valence-electron chi connectivity index (χ2n) is 3.29. The number of nitrogens with one attached hydrogen (secondary N) is 1. The van der Waals surface area contributed by atoms with E-state index in [-0.39, 0.29) is 11.5 Å². The summed E-state index contributed by atoms with van der Waals surface area (Å²) in [5.74, 6) is -0.389. The fourth-order valence-corrected chi connectivity index (χ4v) is 1.04. The highest BCUT2D eigenvalue weighted by Gasteiger charge is 2.18. The summed E-state index contributed by atoms with van der Waals surface area (Å²) in [6, 6.07) is 1.84. The summed E-state index contributed by atoms with van der Waals surface area (Å²) >= 11 is 0. The molecule has 0 aromatic heterocycles. The molecule has 14 heavy (non-hydrogen) atoms. The quantitative estimate of drug-likeness (QED) is 0.539. The average molecular weight is 196 g/mol. The van der Waals surface area contributed by atoms with E-state index in [1.165, 1.54) is 13.1 Å². The summed E-state index contributed by atoms with van der Waals surface area (Å²) in [6.45, 7) is 6.01. The van der Waals surface area contributed by atoms with Crippen molar-refractivity contribution in [3.8, 4) is 6.07 Å². The second kappa shape index (κ2) is 5.40. The van der Waals surface area contributed by atoms with Gasteiger partial charge in [-0.3, -0.25) is 4.79 Å². The molecule has 0 rings (SSSR count). The molecule has 0 unspecified atom stereocenters. The van der Waals surface area contributed by atoms with Crippen molar-refractivity contribution in [2.45, 2.75) is 26.4 Å². The van der Waals surface area contributed by atoms with Gasteiger partial charge in [0.25, 0.3) is 5.91 Å². The smallest absolute Gasteiger partial charge is 0.261 e. The molecule has 78 valence electrons. The molecule has 0 aliphatic carbocycles. The minimum atomic E-state index is -0.591. The molecule has 0 aliphatic rings. The van der Waals surface area contributed by atoms with Gasteiger partial charge in [0.1, 0.15) is 11.6 Å². The normalized spacial score (nSPS) is 12.1. The van der Waals surface area contributed by atoms with Crippen molar-refractivity contribution < 1.29 is 9.53 Å². The molecule has 0 radical (unpaired) electrons. The number of hydrogen-bond donors (Lipinski definition) is 1. The summed E-state index contributed by atoms with van der Waals surface area (Å²) in [7, 11) is 1.49. The maximum atomic E-state index is 11.2. The lowest BCUT2D eigenvalue weighted by Gasteiger charge is -2.20. The molecule has 4 heteroatoms. The molecule has 0 bridgehead atoms. The Morgan fingerprint density at radius 3 is 2.57 bits per heavy atom. The van der Waals surface area contributed by atoms with Crippen LogP contribution < -0.4 is 5.32 Å². The molecule has 0 fully saturated rings. The molecule has 4 nitrogen and oxygen atoms in total. The van der Waals surface area contributed by atoms with E-state index in [9.17, 15) is 4.79 Å². The molecule has 1 amide bonds. The molecule has 0 aromatic rings. The third kappa shape index (κ3) is 4.06. The van der Waals surface area contributed by atoms with Gasteiger partial charge >= 0.3 is 0 Å². The van der Waals surface area contributed by atoms with E-state index in [0.717, 1.165) is 0 Å². The van der Waals surface area contributed by atoms with Gasteiger partial charge in [-0.2, -0.15) is 5.26 Å². The highest BCUT2D eigenvalue weighted by Crippen LogP contribution is 2.13. The Bertz CT molecular complexity index is 274. The van der Waals surface area contributed by atoms with Crippen molar-refractivity contribution in [1.82, 2.24) is 5.32 Å². The first kappa shape index (κ1) is 12.7. The van der Waals surface area contributed by atoms with Crippen LogP contribution in [0.15, 0.2) is 11.6 Å². The number of ether oxygens (including phenoxy) is 1. The van der Waals surface area contributed by atoms with E-state index in [0.29, 0.717) is 6.61 Å². The molecule has 0 saturated heterocycles. The third-order valence-electron chi connectivity index (χ3n) is 1.60. The first-order valence-electron chi connectivity index (χ1n) is 4.45. The van der Waals surface area contributed by atoms with Gasteiger partial charge in [0.15, 0.2) is 0 Å². The Hall–Kier alpha value is -1.34. The maximum Gasteiger partial charge on any atom is 0.261 e. The monoisotopic (exact) mass is 196 g/mol. The zero-order valence-electron chi connectivity index (χ0n) is 9.05. The van der Waals surface area contributed by atoms with Crippen LogP contribution in [0.5, 0.6) is 0 Å². The lowest BCUT2D eigenvalue weighted by atomic mass is 10.1. The fourth-order valence-electron chi connectivity index (χ4n) is 1.04. The Morgan fingerprint density at radius 1 is 1.64 bits per heavy atom. The highest BCUT2D eigenvalue weighted by molar-refractivity contribution is 5.97. The first-order chi connectivity index (χ1) is 6.46. The molecule has 0 saturated carbocycles. The Labute approximate surface area is 84.6 Å². The zero-order chi connectivity index (χ0) is 11.2. The summed E-state index contributed by atoms with van der Waals surface area (Å²) in [6.07, 6.45) is 1.52. The van der Waals surface area contributed by atoms with Gasteiger partial charge < -0.3 is 10.1 Å². The molecule has 0 spiro atoms. The van der Waals surface area contributed by atoms with Crippen molar-refractivity contribution in [2.24, 2.45) is 0 Å². The number of carbonyl (C=O) groups is 1. The first-order valence-corrected chi connectivity index (χ1v) is 4.45. The van der Waals surface area contributed by atoms with E-state index in [1.54, 1.807) is 13.8 Å². The second-order valence-corrected chi connectivity index (χ2v) is 3.29. The van der Waals surface area contributed by atoms with Crippen molar-refractivity contribution >= 4 is 5.91 Å². The van der Waals surface area contributed by atoms with Gasteiger partial charge in [-0.1, -0.05) is 0 Å². The number of carbonyl (C=O) groups excluding carboxylic acids is 1. The maximum absolute atomic E-state index is 11.2. The van der Waals surface area contributed by atoms with Crippen LogP contribution in [0.4, 0.5) is 0 Å². The van der Waals surface area contributed by atoms with Crippen LogP contribution in [0.2, 0.25) is 0 Å². The van der Waals surface area contributed by atoms with E-state index >= 15 is 0 Å². The van der Waals surface area contributed by atoms with Crippen LogP contribution in [0.1, 0.15) is 20.8 Å². The van der Waals surface area contributed by atoms with Crippen LogP contribution in [0.3, 0.4) is 0 Å². The standard InChI is InChI=1S/C10H16N2O2/c1-5-14-10(2,3)6-8(7-11)9(13)12-4/h6H,5H2,1-4H3,(H,12,13)/b8-6+. The van der Waals surface area contributed by atoms with Crippen LogP contribution in [-0.2, 0) is 9.53 Å². The number of likely N-dealkylation sites (N-methyl/N-ethyl adjacent to an activating group) is 1. The van der Waals surface area contributed by atoms with Gasteiger partial charge in [-0.15, -0.1) is 0 Å². The zero-order valence-corrected chi connectivity index (χ0v) is 9.05. The summed E-state index contributed by atoms with van der Waals surface area (Å²) in [5, 5.41) is 11.1. The summed E-state index contributed by atoms with van der Waals surface area (Å²) < 4.78 is 5.35. The minimum absolute atomic E-state index is 0.0750. The van der Waals surface area contributed by atoms with Gasteiger partial charge in [0.05, 0.1) is 5.60 Å². The van der Waals surface area contributed by atoms with Crippen molar-refractivity contribution in [3.63, 3.8) is 0 Å². The largest absolute Gasteiger partial charge is 0.372 e. The molecule has 0 aliphatic heterocycles. The number of hydrogen-bond acceptors (Lipinski definition) is 3. The predicted octanol–water partition coefficient (Wildman–Crippen LogP) is 0.997. The van der Waals surface area contributed by atoms with Crippen molar-refractivity contribution in [3.05, 3.63) is 11.6 Å². The van der Waals surface area contributed by atoms with Gasteiger partial charge in [0.2, 0.25) is 0 Å². The molecule has 0 atom stereocenters. The third-order valence-corrected chi connectivity index (χ3v) is 1.60.